The highest BCUT2D eigenvalue weighted by Gasteiger charge is 2.09. The summed E-state index contributed by atoms with van der Waals surface area (Å²) in [7, 11) is 2.03. The maximum Gasteiger partial charge on any atom is 0.116 e. The van der Waals surface area contributed by atoms with Gasteiger partial charge in [-0.1, -0.05) is 13.8 Å². The van der Waals surface area contributed by atoms with Gasteiger partial charge in [-0.25, -0.2) is 0 Å². The number of hydrogen-bond acceptors (Lipinski definition) is 1. The van der Waals surface area contributed by atoms with Crippen LogP contribution in [0, 0.1) is 0 Å². The minimum atomic E-state index is 0.339. The van der Waals surface area contributed by atoms with Gasteiger partial charge in [0.1, 0.15) is 5.75 Å². The van der Waals surface area contributed by atoms with Crippen LogP contribution in [0.3, 0.4) is 0 Å². The molecule has 0 aliphatic rings. The van der Waals surface area contributed by atoms with Gasteiger partial charge in [0.25, 0.3) is 0 Å². The fraction of sp³-hybridized carbons (Fsp3) is 0.333. The van der Waals surface area contributed by atoms with Gasteiger partial charge in [0.15, 0.2) is 0 Å². The molecule has 0 radical (unpaired) electrons. The Bertz CT molecular complexity index is 468. The Morgan fingerprint density at radius 2 is 2.00 bits per heavy atom. The molecule has 1 heterocycles. The van der Waals surface area contributed by atoms with Crippen molar-refractivity contribution in [1.82, 2.24) is 4.57 Å². The molecule has 0 spiro atoms. The summed E-state index contributed by atoms with van der Waals surface area (Å²) in [6.07, 6.45) is 2.13. The van der Waals surface area contributed by atoms with Gasteiger partial charge in [0, 0.05) is 24.1 Å². The van der Waals surface area contributed by atoms with Crippen LogP contribution >= 0.6 is 0 Å². The highest BCUT2D eigenvalue weighted by Crippen LogP contribution is 2.29. The standard InChI is InChI=1S/C12H15NO/c1-8(2)11-7-13(3)12-5-4-9(14)6-10(11)12/h4-8,14H,1-3H3. The second-order valence-electron chi connectivity index (χ2n) is 4.05. The third kappa shape index (κ3) is 1.27. The van der Waals surface area contributed by atoms with Crippen LogP contribution in [0.1, 0.15) is 25.3 Å². The lowest BCUT2D eigenvalue weighted by molar-refractivity contribution is 0.476. The molecule has 0 saturated heterocycles. The van der Waals surface area contributed by atoms with Gasteiger partial charge >= 0.3 is 0 Å². The molecular weight excluding hydrogens is 174 g/mol. The highest BCUT2D eigenvalue weighted by atomic mass is 16.3. The molecular formula is C12H15NO. The predicted molar refractivity (Wildman–Crippen MR) is 58.7 cm³/mol. The molecule has 0 aliphatic carbocycles. The van der Waals surface area contributed by atoms with E-state index in [9.17, 15) is 5.11 Å². The Hall–Kier alpha value is -1.44. The third-order valence-corrected chi connectivity index (χ3v) is 2.63. The van der Waals surface area contributed by atoms with E-state index in [1.54, 1.807) is 6.07 Å². The van der Waals surface area contributed by atoms with Crippen LogP contribution in [0.2, 0.25) is 0 Å². The zero-order chi connectivity index (χ0) is 10.3. The molecule has 1 aromatic heterocycles. The summed E-state index contributed by atoms with van der Waals surface area (Å²) in [6, 6.07) is 5.52. The molecule has 2 rings (SSSR count). The Labute approximate surface area is 83.8 Å². The average molecular weight is 189 g/mol. The lowest BCUT2D eigenvalue weighted by Crippen LogP contribution is -1.84. The van der Waals surface area contributed by atoms with Gasteiger partial charge in [0.2, 0.25) is 0 Å². The van der Waals surface area contributed by atoms with Crippen molar-refractivity contribution in [3.63, 3.8) is 0 Å². The molecule has 0 saturated carbocycles. The van der Waals surface area contributed by atoms with E-state index in [1.807, 2.05) is 19.2 Å². The molecule has 0 aliphatic heterocycles. The van der Waals surface area contributed by atoms with Crippen LogP contribution in [0.4, 0.5) is 0 Å². The van der Waals surface area contributed by atoms with E-state index in [1.165, 1.54) is 11.1 Å². The molecule has 2 heteroatoms. The number of aryl methyl sites for hydroxylation is 1. The smallest absolute Gasteiger partial charge is 0.116 e. The summed E-state index contributed by atoms with van der Waals surface area (Å²) in [4.78, 5) is 0. The number of fused-ring (bicyclic) bond motifs is 1. The van der Waals surface area contributed by atoms with Crippen molar-refractivity contribution in [3.05, 3.63) is 30.0 Å². The first-order chi connectivity index (χ1) is 6.59. The fourth-order valence-electron chi connectivity index (χ4n) is 1.87. The second kappa shape index (κ2) is 3.05. The van der Waals surface area contributed by atoms with Gasteiger partial charge in [-0.05, 0) is 29.7 Å². The van der Waals surface area contributed by atoms with E-state index in [-0.39, 0.29) is 0 Å². The first-order valence-electron chi connectivity index (χ1n) is 4.87. The van der Waals surface area contributed by atoms with E-state index < -0.39 is 0 Å². The van der Waals surface area contributed by atoms with E-state index in [2.05, 4.69) is 24.6 Å². The molecule has 1 aromatic carbocycles. The van der Waals surface area contributed by atoms with E-state index in [4.69, 9.17) is 0 Å². The van der Waals surface area contributed by atoms with E-state index in [0.717, 1.165) is 5.39 Å². The average Bonchev–Trinajstić information content (AvgIpc) is 2.43. The van der Waals surface area contributed by atoms with Crippen LogP contribution in [-0.2, 0) is 7.05 Å². The summed E-state index contributed by atoms with van der Waals surface area (Å²) < 4.78 is 2.10. The first-order valence-corrected chi connectivity index (χ1v) is 4.87. The molecule has 0 bridgehead atoms. The Kier molecular flexibility index (Phi) is 1.99. The normalized spacial score (nSPS) is 11.4. The number of aromatic hydroxyl groups is 1. The first kappa shape index (κ1) is 9.13. The maximum atomic E-state index is 9.44. The predicted octanol–water partition coefficient (Wildman–Crippen LogP) is 3.01. The Morgan fingerprint density at radius 1 is 1.29 bits per heavy atom. The lowest BCUT2D eigenvalue weighted by Gasteiger charge is -2.01. The van der Waals surface area contributed by atoms with Crippen molar-refractivity contribution < 1.29 is 5.11 Å². The molecule has 0 amide bonds. The number of phenols is 1. The molecule has 0 fully saturated rings. The molecule has 2 nitrogen and oxygen atoms in total. The van der Waals surface area contributed by atoms with Crippen molar-refractivity contribution in [2.45, 2.75) is 19.8 Å². The monoisotopic (exact) mass is 189 g/mol. The number of rotatable bonds is 1. The van der Waals surface area contributed by atoms with Crippen LogP contribution in [-0.4, -0.2) is 9.67 Å². The lowest BCUT2D eigenvalue weighted by atomic mass is 10.0. The van der Waals surface area contributed by atoms with Gasteiger partial charge in [-0.2, -0.15) is 0 Å². The topological polar surface area (TPSA) is 25.2 Å². The summed E-state index contributed by atoms with van der Waals surface area (Å²) in [6.45, 7) is 4.33. The third-order valence-electron chi connectivity index (χ3n) is 2.63. The van der Waals surface area contributed by atoms with Crippen LogP contribution < -0.4 is 0 Å². The number of benzene rings is 1. The van der Waals surface area contributed by atoms with Crippen molar-refractivity contribution in [2.24, 2.45) is 7.05 Å². The number of hydrogen-bond donors (Lipinski definition) is 1. The SMILES string of the molecule is CC(C)c1cn(C)c2ccc(O)cc12. The fourth-order valence-corrected chi connectivity index (χ4v) is 1.87. The quantitative estimate of drug-likeness (QED) is 0.733. The maximum absolute atomic E-state index is 9.44. The van der Waals surface area contributed by atoms with E-state index >= 15 is 0 Å². The number of phenolic OH excluding ortho intramolecular Hbond substituents is 1. The minimum absolute atomic E-state index is 0.339. The molecule has 2 aromatic rings. The number of aromatic nitrogens is 1. The van der Waals surface area contributed by atoms with E-state index in [0.29, 0.717) is 11.7 Å². The number of nitrogens with zero attached hydrogens (tertiary/aromatic N) is 1. The molecule has 0 unspecified atom stereocenters. The zero-order valence-electron chi connectivity index (χ0n) is 8.78. The Balaban J connectivity index is 2.79. The summed E-state index contributed by atoms with van der Waals surface area (Å²) >= 11 is 0. The molecule has 74 valence electrons. The van der Waals surface area contributed by atoms with Crippen LogP contribution in [0.15, 0.2) is 24.4 Å². The van der Waals surface area contributed by atoms with Gasteiger partial charge in [-0.15, -0.1) is 0 Å². The largest absolute Gasteiger partial charge is 0.508 e. The van der Waals surface area contributed by atoms with Crippen molar-refractivity contribution in [3.8, 4) is 5.75 Å². The minimum Gasteiger partial charge on any atom is -0.508 e. The molecule has 0 atom stereocenters. The van der Waals surface area contributed by atoms with Gasteiger partial charge in [-0.3, -0.25) is 0 Å². The highest BCUT2D eigenvalue weighted by molar-refractivity contribution is 5.85. The van der Waals surface area contributed by atoms with Crippen molar-refractivity contribution in [2.75, 3.05) is 0 Å². The summed E-state index contributed by atoms with van der Waals surface area (Å²) in [5.41, 5.74) is 2.46. The molecule has 1 N–H and O–H groups in total. The molecule has 14 heavy (non-hydrogen) atoms. The van der Waals surface area contributed by atoms with Crippen molar-refractivity contribution >= 4 is 10.9 Å². The van der Waals surface area contributed by atoms with Gasteiger partial charge < -0.3 is 9.67 Å². The van der Waals surface area contributed by atoms with Crippen LogP contribution in [0.5, 0.6) is 5.75 Å². The summed E-state index contributed by atoms with van der Waals surface area (Å²) in [5.74, 6) is 0.825. The Morgan fingerprint density at radius 3 is 2.64 bits per heavy atom. The zero-order valence-corrected chi connectivity index (χ0v) is 8.78. The van der Waals surface area contributed by atoms with Gasteiger partial charge in [0.05, 0.1) is 0 Å². The van der Waals surface area contributed by atoms with Crippen molar-refractivity contribution in [1.29, 1.82) is 0 Å². The van der Waals surface area contributed by atoms with Crippen LogP contribution in [0.25, 0.3) is 10.9 Å². The summed E-state index contributed by atoms with van der Waals surface area (Å²) in [5, 5.41) is 10.6. The second-order valence-corrected chi connectivity index (χ2v) is 4.05.